The summed E-state index contributed by atoms with van der Waals surface area (Å²) in [5.74, 6) is -1.18. The van der Waals surface area contributed by atoms with Crippen molar-refractivity contribution in [1.29, 1.82) is 0 Å². The zero-order valence-corrected chi connectivity index (χ0v) is 10.2. The fourth-order valence-electron chi connectivity index (χ4n) is 2.24. The van der Waals surface area contributed by atoms with Gasteiger partial charge < -0.3 is 10.1 Å². The molecule has 0 atom stereocenters. The molecule has 1 amide bonds. The Morgan fingerprint density at radius 2 is 2.16 bits per heavy atom. The third-order valence-corrected chi connectivity index (χ3v) is 3.53. The highest BCUT2D eigenvalue weighted by Crippen LogP contribution is 2.30. The molecule has 6 heteroatoms. The second-order valence-corrected chi connectivity index (χ2v) is 5.03. The molecule has 1 N–H and O–H groups in total. The van der Waals surface area contributed by atoms with Crippen LogP contribution in [0.25, 0.3) is 0 Å². The fraction of sp³-hybridized carbons (Fsp3) is 0.462. The number of amides is 1. The van der Waals surface area contributed by atoms with Gasteiger partial charge in [-0.1, -0.05) is 6.07 Å². The van der Waals surface area contributed by atoms with Gasteiger partial charge in [0, 0.05) is 18.8 Å². The first-order valence-electron chi connectivity index (χ1n) is 6.15. The van der Waals surface area contributed by atoms with Crippen molar-refractivity contribution in [3.63, 3.8) is 0 Å². The number of ether oxygens (including phenoxy) is 1. The van der Waals surface area contributed by atoms with Crippen LogP contribution >= 0.6 is 0 Å². The first-order valence-corrected chi connectivity index (χ1v) is 6.15. The number of carbonyl (C=O) groups is 1. The lowest BCUT2D eigenvalue weighted by molar-refractivity contribution is -0.159. The van der Waals surface area contributed by atoms with Gasteiger partial charge in [-0.05, 0) is 18.2 Å². The van der Waals surface area contributed by atoms with E-state index in [1.807, 2.05) is 4.90 Å². The van der Waals surface area contributed by atoms with Crippen molar-refractivity contribution in [2.75, 3.05) is 31.6 Å². The van der Waals surface area contributed by atoms with Crippen molar-refractivity contribution in [3.8, 4) is 0 Å². The van der Waals surface area contributed by atoms with Gasteiger partial charge >= 0.3 is 0 Å². The number of hydrogen-bond acceptors (Lipinski definition) is 3. The lowest BCUT2D eigenvalue weighted by atomic mass is 9.92. The monoisotopic (exact) mass is 268 g/mol. The molecule has 2 saturated heterocycles. The molecule has 102 valence electrons. The van der Waals surface area contributed by atoms with E-state index >= 15 is 0 Å². The standard InChI is InChI=1S/C13H14F2N2O2/c14-9-2-1-3-10(4-9)16-12(18)13(15)7-17(8-13)11-5-19-6-11/h1-4,11H,5-8H2,(H,16,18). The average molecular weight is 268 g/mol. The van der Waals surface area contributed by atoms with Crippen LogP contribution < -0.4 is 5.32 Å². The van der Waals surface area contributed by atoms with Gasteiger partial charge in [-0.15, -0.1) is 0 Å². The van der Waals surface area contributed by atoms with Crippen LogP contribution in [-0.2, 0) is 9.53 Å². The third-order valence-electron chi connectivity index (χ3n) is 3.53. The van der Waals surface area contributed by atoms with E-state index in [0.717, 1.165) is 6.07 Å². The molecule has 4 nitrogen and oxygen atoms in total. The van der Waals surface area contributed by atoms with Gasteiger partial charge in [0.15, 0.2) is 0 Å². The van der Waals surface area contributed by atoms with E-state index in [2.05, 4.69) is 5.32 Å². The van der Waals surface area contributed by atoms with Crippen LogP contribution in [0.4, 0.5) is 14.5 Å². The smallest absolute Gasteiger partial charge is 0.264 e. The minimum absolute atomic E-state index is 0.0716. The number of alkyl halides is 1. The molecule has 2 aliphatic rings. The molecule has 0 saturated carbocycles. The van der Waals surface area contributed by atoms with Gasteiger partial charge in [-0.2, -0.15) is 0 Å². The highest BCUT2D eigenvalue weighted by atomic mass is 19.1. The number of nitrogens with zero attached hydrogens (tertiary/aromatic N) is 1. The van der Waals surface area contributed by atoms with Gasteiger partial charge in [-0.25, -0.2) is 8.78 Å². The summed E-state index contributed by atoms with van der Waals surface area (Å²) in [6.07, 6.45) is 0. The summed E-state index contributed by atoms with van der Waals surface area (Å²) < 4.78 is 32.3. The van der Waals surface area contributed by atoms with Crippen molar-refractivity contribution >= 4 is 11.6 Å². The van der Waals surface area contributed by atoms with Crippen LogP contribution in [0.1, 0.15) is 0 Å². The molecule has 2 aliphatic heterocycles. The van der Waals surface area contributed by atoms with Crippen molar-refractivity contribution in [3.05, 3.63) is 30.1 Å². The lowest BCUT2D eigenvalue weighted by Crippen LogP contribution is -2.70. The molecular formula is C13H14F2N2O2. The van der Waals surface area contributed by atoms with Crippen molar-refractivity contribution < 1.29 is 18.3 Å². The van der Waals surface area contributed by atoms with Gasteiger partial charge in [0.05, 0.1) is 19.3 Å². The highest BCUT2D eigenvalue weighted by Gasteiger charge is 2.53. The molecule has 0 spiro atoms. The molecular weight excluding hydrogens is 254 g/mol. The number of anilines is 1. The normalized spacial score (nSPS) is 22.4. The summed E-state index contributed by atoms with van der Waals surface area (Å²) in [5.41, 5.74) is -1.62. The summed E-state index contributed by atoms with van der Waals surface area (Å²) in [6, 6.07) is 5.65. The fourth-order valence-corrected chi connectivity index (χ4v) is 2.24. The summed E-state index contributed by atoms with van der Waals surface area (Å²) in [4.78, 5) is 13.7. The number of hydrogen-bond donors (Lipinski definition) is 1. The Hall–Kier alpha value is -1.53. The Bertz CT molecular complexity index is 499. The Labute approximate surface area is 109 Å². The van der Waals surface area contributed by atoms with E-state index in [9.17, 15) is 13.6 Å². The van der Waals surface area contributed by atoms with Crippen LogP contribution in [0.3, 0.4) is 0 Å². The molecule has 2 fully saturated rings. The second kappa shape index (κ2) is 4.54. The first-order chi connectivity index (χ1) is 9.07. The van der Waals surface area contributed by atoms with E-state index in [1.165, 1.54) is 18.2 Å². The number of nitrogens with one attached hydrogen (secondary N) is 1. The Balaban J connectivity index is 1.58. The molecule has 0 aliphatic carbocycles. The topological polar surface area (TPSA) is 41.6 Å². The van der Waals surface area contributed by atoms with Gasteiger partial charge in [0.1, 0.15) is 5.82 Å². The number of carbonyl (C=O) groups excluding carboxylic acids is 1. The number of rotatable bonds is 3. The van der Waals surface area contributed by atoms with Crippen molar-refractivity contribution in [2.24, 2.45) is 0 Å². The van der Waals surface area contributed by atoms with Crippen LogP contribution in [-0.4, -0.2) is 48.8 Å². The SMILES string of the molecule is O=C(Nc1cccc(F)c1)C1(F)CN(C2COC2)C1. The summed E-state index contributed by atoms with van der Waals surface area (Å²) >= 11 is 0. The van der Waals surface area contributed by atoms with Crippen molar-refractivity contribution in [2.45, 2.75) is 11.7 Å². The van der Waals surface area contributed by atoms with Gasteiger partial charge in [-0.3, -0.25) is 9.69 Å². The minimum atomic E-state index is -1.89. The maximum Gasteiger partial charge on any atom is 0.264 e. The lowest BCUT2D eigenvalue weighted by Gasteiger charge is -2.49. The minimum Gasteiger partial charge on any atom is -0.378 e. The van der Waals surface area contributed by atoms with Gasteiger partial charge in [0.2, 0.25) is 5.67 Å². The van der Waals surface area contributed by atoms with E-state index in [4.69, 9.17) is 4.74 Å². The zero-order valence-electron chi connectivity index (χ0n) is 10.2. The Morgan fingerprint density at radius 1 is 1.42 bits per heavy atom. The van der Waals surface area contributed by atoms with Crippen molar-refractivity contribution in [1.82, 2.24) is 4.90 Å². The maximum absolute atomic E-state index is 14.3. The van der Waals surface area contributed by atoms with Crippen LogP contribution in [0.5, 0.6) is 0 Å². The molecule has 0 unspecified atom stereocenters. The van der Waals surface area contributed by atoms with Crippen LogP contribution in [0, 0.1) is 5.82 Å². The largest absolute Gasteiger partial charge is 0.378 e. The Morgan fingerprint density at radius 3 is 2.74 bits per heavy atom. The molecule has 2 heterocycles. The molecule has 0 radical (unpaired) electrons. The molecule has 1 aromatic rings. The van der Waals surface area contributed by atoms with E-state index in [0.29, 0.717) is 13.2 Å². The zero-order chi connectivity index (χ0) is 13.5. The summed E-state index contributed by atoms with van der Waals surface area (Å²) in [7, 11) is 0. The molecule has 19 heavy (non-hydrogen) atoms. The second-order valence-electron chi connectivity index (χ2n) is 5.03. The van der Waals surface area contributed by atoms with Crippen LogP contribution in [0.15, 0.2) is 24.3 Å². The number of halogens is 2. The van der Waals surface area contributed by atoms with Crippen LogP contribution in [0.2, 0.25) is 0 Å². The quantitative estimate of drug-likeness (QED) is 0.895. The highest BCUT2D eigenvalue weighted by molar-refractivity contribution is 5.98. The molecule has 0 bridgehead atoms. The number of benzene rings is 1. The van der Waals surface area contributed by atoms with E-state index in [-0.39, 0.29) is 24.8 Å². The number of likely N-dealkylation sites (tertiary alicyclic amines) is 1. The maximum atomic E-state index is 14.3. The average Bonchev–Trinajstić information content (AvgIpc) is 2.24. The predicted molar refractivity (Wildman–Crippen MR) is 65.0 cm³/mol. The summed E-state index contributed by atoms with van der Waals surface area (Å²) in [6.45, 7) is 1.34. The third kappa shape index (κ3) is 2.33. The summed E-state index contributed by atoms with van der Waals surface area (Å²) in [5, 5.41) is 2.41. The molecule has 1 aromatic carbocycles. The van der Waals surface area contributed by atoms with E-state index < -0.39 is 17.4 Å². The molecule has 0 aromatic heterocycles. The predicted octanol–water partition coefficient (Wildman–Crippen LogP) is 1.19. The van der Waals surface area contributed by atoms with Gasteiger partial charge in [0.25, 0.3) is 5.91 Å². The van der Waals surface area contributed by atoms with E-state index in [1.54, 1.807) is 0 Å². The first kappa shape index (κ1) is 12.5. The Kier molecular flexibility index (Phi) is 2.99. The molecule has 3 rings (SSSR count).